The molecule has 1 saturated carbocycles. The van der Waals surface area contributed by atoms with Gasteiger partial charge in [0, 0.05) is 19.0 Å². The Balaban J connectivity index is 1.72. The van der Waals surface area contributed by atoms with Gasteiger partial charge in [-0.3, -0.25) is 13.9 Å². The van der Waals surface area contributed by atoms with Crippen molar-refractivity contribution in [2.45, 2.75) is 63.3 Å². The average molecular weight is 616 g/mol. The Kier molecular flexibility index (Phi) is 10.5. The van der Waals surface area contributed by atoms with Crippen LogP contribution in [0.1, 0.15) is 48.8 Å². The molecule has 1 N–H and O–H groups in total. The van der Waals surface area contributed by atoms with Crippen LogP contribution in [0, 0.1) is 0 Å². The standard InChI is InChI=1S/C32H36F3N3O4S/c1-43(41,42)38(28-19-11-16-26(21-28)32(33,34)35)23-30(39)37(22-25-14-7-3-8-15-25)29(20-24-12-5-2-6-13-24)31(40)36-27-17-9-4-10-18-27/h2-3,5-8,11-16,19,21,27,29H,4,9-10,17-18,20,22-23H2,1H3,(H,36,40)/t29-/m0/s1. The topological polar surface area (TPSA) is 86.8 Å². The molecular weight excluding hydrogens is 579 g/mol. The van der Waals surface area contributed by atoms with E-state index < -0.39 is 40.3 Å². The van der Waals surface area contributed by atoms with Gasteiger partial charge in [-0.2, -0.15) is 13.2 Å². The minimum Gasteiger partial charge on any atom is -0.352 e. The lowest BCUT2D eigenvalue weighted by molar-refractivity contribution is -0.140. The number of halogens is 3. The van der Waals surface area contributed by atoms with Crippen LogP contribution >= 0.6 is 0 Å². The zero-order chi connectivity index (χ0) is 31.0. The zero-order valence-electron chi connectivity index (χ0n) is 24.0. The summed E-state index contributed by atoms with van der Waals surface area (Å²) in [5.41, 5.74) is 0.178. The molecule has 0 saturated heterocycles. The van der Waals surface area contributed by atoms with Gasteiger partial charge in [0.25, 0.3) is 0 Å². The quantitative estimate of drug-likeness (QED) is 0.306. The summed E-state index contributed by atoms with van der Waals surface area (Å²) in [6.45, 7) is -0.787. The fourth-order valence-corrected chi connectivity index (χ4v) is 6.17. The van der Waals surface area contributed by atoms with E-state index in [1.165, 1.54) is 11.0 Å². The van der Waals surface area contributed by atoms with E-state index in [1.807, 2.05) is 36.4 Å². The van der Waals surface area contributed by atoms with Crippen LogP contribution in [0.15, 0.2) is 84.9 Å². The molecule has 2 amide bonds. The molecule has 230 valence electrons. The second kappa shape index (κ2) is 14.1. The number of carbonyl (C=O) groups is 2. The van der Waals surface area contributed by atoms with Crippen molar-refractivity contribution in [3.63, 3.8) is 0 Å². The molecule has 0 bridgehead atoms. The molecule has 1 aliphatic rings. The number of sulfonamides is 1. The van der Waals surface area contributed by atoms with Gasteiger partial charge in [-0.15, -0.1) is 0 Å². The van der Waals surface area contributed by atoms with E-state index in [0.29, 0.717) is 15.9 Å². The van der Waals surface area contributed by atoms with E-state index in [9.17, 15) is 31.2 Å². The zero-order valence-corrected chi connectivity index (χ0v) is 24.8. The van der Waals surface area contributed by atoms with Gasteiger partial charge in [0.1, 0.15) is 12.6 Å². The number of rotatable bonds is 11. The maximum atomic E-state index is 14.1. The third-order valence-corrected chi connectivity index (χ3v) is 8.70. The van der Waals surface area contributed by atoms with Crippen molar-refractivity contribution in [2.75, 3.05) is 17.1 Å². The molecule has 0 radical (unpaired) electrons. The van der Waals surface area contributed by atoms with E-state index in [0.717, 1.165) is 56.1 Å². The van der Waals surface area contributed by atoms with Gasteiger partial charge in [0.05, 0.1) is 17.5 Å². The number of hydrogen-bond acceptors (Lipinski definition) is 4. The Hall–Kier alpha value is -3.86. The molecule has 0 unspecified atom stereocenters. The Morgan fingerprint density at radius 1 is 0.884 bits per heavy atom. The SMILES string of the molecule is CS(=O)(=O)N(CC(=O)N(Cc1ccccc1)[C@@H](Cc1ccccc1)C(=O)NC1CCCCC1)c1cccc(C(F)(F)F)c1. The van der Waals surface area contributed by atoms with Crippen molar-refractivity contribution in [1.29, 1.82) is 0 Å². The Labute approximate surface area is 250 Å². The summed E-state index contributed by atoms with van der Waals surface area (Å²) in [6.07, 6.45) is 1.01. The maximum Gasteiger partial charge on any atom is 0.416 e. The largest absolute Gasteiger partial charge is 0.416 e. The summed E-state index contributed by atoms with van der Waals surface area (Å²) in [4.78, 5) is 29.3. The Morgan fingerprint density at radius 3 is 2.07 bits per heavy atom. The molecular formula is C32H36F3N3O4S. The molecule has 7 nitrogen and oxygen atoms in total. The molecule has 0 spiro atoms. The van der Waals surface area contributed by atoms with Crippen LogP contribution < -0.4 is 9.62 Å². The van der Waals surface area contributed by atoms with Gasteiger partial charge in [-0.25, -0.2) is 8.42 Å². The van der Waals surface area contributed by atoms with Gasteiger partial charge in [0.2, 0.25) is 21.8 Å². The summed E-state index contributed by atoms with van der Waals surface area (Å²) >= 11 is 0. The minimum atomic E-state index is -4.71. The van der Waals surface area contributed by atoms with Gasteiger partial charge >= 0.3 is 6.18 Å². The van der Waals surface area contributed by atoms with E-state index in [-0.39, 0.29) is 30.6 Å². The molecule has 3 aromatic rings. The highest BCUT2D eigenvalue weighted by molar-refractivity contribution is 7.92. The molecule has 1 aliphatic carbocycles. The normalized spacial score (nSPS) is 15.0. The number of nitrogens with zero attached hydrogens (tertiary/aromatic N) is 2. The second-order valence-corrected chi connectivity index (χ2v) is 12.8. The van der Waals surface area contributed by atoms with Crippen molar-refractivity contribution in [1.82, 2.24) is 10.2 Å². The van der Waals surface area contributed by atoms with Crippen molar-refractivity contribution in [3.8, 4) is 0 Å². The van der Waals surface area contributed by atoms with Crippen LogP contribution in [0.3, 0.4) is 0 Å². The molecule has 3 aromatic carbocycles. The van der Waals surface area contributed by atoms with Crippen LogP contribution in [0.4, 0.5) is 18.9 Å². The smallest absolute Gasteiger partial charge is 0.352 e. The highest BCUT2D eigenvalue weighted by atomic mass is 32.2. The van der Waals surface area contributed by atoms with Crippen LogP contribution in [0.25, 0.3) is 0 Å². The van der Waals surface area contributed by atoms with Crippen LogP contribution in [0.2, 0.25) is 0 Å². The van der Waals surface area contributed by atoms with E-state index in [1.54, 1.807) is 24.3 Å². The summed E-state index contributed by atoms with van der Waals surface area (Å²) < 4.78 is 66.8. The molecule has 1 fully saturated rings. The fraction of sp³-hybridized carbons (Fsp3) is 0.375. The predicted octanol–water partition coefficient (Wildman–Crippen LogP) is 5.56. The van der Waals surface area contributed by atoms with Crippen molar-refractivity contribution in [3.05, 3.63) is 102 Å². The highest BCUT2D eigenvalue weighted by Crippen LogP contribution is 2.32. The number of hydrogen-bond donors (Lipinski definition) is 1. The van der Waals surface area contributed by atoms with E-state index >= 15 is 0 Å². The first-order valence-corrected chi connectivity index (χ1v) is 16.1. The molecule has 0 heterocycles. The van der Waals surface area contributed by atoms with Crippen molar-refractivity contribution >= 4 is 27.5 Å². The Morgan fingerprint density at radius 2 is 1.49 bits per heavy atom. The summed E-state index contributed by atoms with van der Waals surface area (Å²) in [5.74, 6) is -1.07. The molecule has 43 heavy (non-hydrogen) atoms. The van der Waals surface area contributed by atoms with Gasteiger partial charge in [-0.05, 0) is 42.2 Å². The molecule has 0 aromatic heterocycles. The second-order valence-electron chi connectivity index (χ2n) is 10.9. The lowest BCUT2D eigenvalue weighted by atomic mass is 9.94. The van der Waals surface area contributed by atoms with Crippen LogP contribution in [-0.4, -0.2) is 50.0 Å². The lowest BCUT2D eigenvalue weighted by Crippen LogP contribution is -2.55. The lowest BCUT2D eigenvalue weighted by Gasteiger charge is -2.35. The first kappa shape index (κ1) is 32.1. The van der Waals surface area contributed by atoms with Crippen molar-refractivity contribution < 1.29 is 31.2 Å². The average Bonchev–Trinajstić information content (AvgIpc) is 2.98. The molecule has 11 heteroatoms. The third-order valence-electron chi connectivity index (χ3n) is 7.56. The van der Waals surface area contributed by atoms with Crippen LogP contribution in [0.5, 0.6) is 0 Å². The van der Waals surface area contributed by atoms with Gasteiger partial charge in [-0.1, -0.05) is 86.0 Å². The Bertz CT molecular complexity index is 1480. The number of benzene rings is 3. The first-order chi connectivity index (χ1) is 20.4. The minimum absolute atomic E-state index is 0.00451. The number of carbonyl (C=O) groups excluding carboxylic acids is 2. The number of amides is 2. The molecule has 4 rings (SSSR count). The first-order valence-electron chi connectivity index (χ1n) is 14.2. The summed E-state index contributed by atoms with van der Waals surface area (Å²) in [5, 5.41) is 3.11. The van der Waals surface area contributed by atoms with E-state index in [4.69, 9.17) is 0 Å². The molecule has 1 atom stereocenters. The summed E-state index contributed by atoms with van der Waals surface area (Å²) in [6, 6.07) is 21.0. The maximum absolute atomic E-state index is 14.1. The van der Waals surface area contributed by atoms with Gasteiger partial charge in [0.15, 0.2) is 0 Å². The van der Waals surface area contributed by atoms with Crippen molar-refractivity contribution in [2.24, 2.45) is 0 Å². The predicted molar refractivity (Wildman–Crippen MR) is 160 cm³/mol. The fourth-order valence-electron chi connectivity index (χ4n) is 5.33. The number of alkyl halides is 3. The number of anilines is 1. The summed E-state index contributed by atoms with van der Waals surface area (Å²) in [7, 11) is -4.19. The monoisotopic (exact) mass is 615 g/mol. The third kappa shape index (κ3) is 9.06. The van der Waals surface area contributed by atoms with Crippen LogP contribution in [-0.2, 0) is 38.8 Å². The molecule has 0 aliphatic heterocycles. The van der Waals surface area contributed by atoms with Gasteiger partial charge < -0.3 is 10.2 Å². The highest BCUT2D eigenvalue weighted by Gasteiger charge is 2.35. The van der Waals surface area contributed by atoms with E-state index in [2.05, 4.69) is 5.32 Å². The number of nitrogens with one attached hydrogen (secondary N) is 1.